The van der Waals surface area contributed by atoms with Crippen molar-refractivity contribution in [3.8, 4) is 0 Å². The lowest BCUT2D eigenvalue weighted by Crippen LogP contribution is -2.43. The number of hydrogen-bond acceptors (Lipinski definition) is 3. The highest BCUT2D eigenvalue weighted by Gasteiger charge is 2.26. The van der Waals surface area contributed by atoms with E-state index in [4.69, 9.17) is 5.73 Å². The van der Waals surface area contributed by atoms with Crippen molar-refractivity contribution >= 4 is 11.8 Å². The summed E-state index contributed by atoms with van der Waals surface area (Å²) >= 11 is 2.07. The van der Waals surface area contributed by atoms with Crippen LogP contribution in [-0.4, -0.2) is 42.6 Å². The molecule has 0 saturated carbocycles. The number of likely N-dealkylation sites (N-methyl/N-ethyl adjacent to an activating group) is 1. The molecule has 1 heterocycles. The summed E-state index contributed by atoms with van der Waals surface area (Å²) < 4.78 is 0. The molecule has 12 heavy (non-hydrogen) atoms. The third kappa shape index (κ3) is 2.38. The fraction of sp³-hybridized carbons (Fsp3) is 1.00. The molecule has 0 spiro atoms. The molecule has 0 aliphatic carbocycles. The molecule has 72 valence electrons. The van der Waals surface area contributed by atoms with Crippen molar-refractivity contribution in [1.29, 1.82) is 0 Å². The highest BCUT2D eigenvalue weighted by molar-refractivity contribution is 7.99. The van der Waals surface area contributed by atoms with Crippen molar-refractivity contribution in [1.82, 2.24) is 4.90 Å². The van der Waals surface area contributed by atoms with Gasteiger partial charge in [0.05, 0.1) is 0 Å². The van der Waals surface area contributed by atoms with Gasteiger partial charge < -0.3 is 10.6 Å². The molecule has 0 aromatic rings. The Kier molecular flexibility index (Phi) is 4.40. The predicted octanol–water partition coefficient (Wildman–Crippen LogP) is 1.02. The Morgan fingerprint density at radius 2 is 2.42 bits per heavy atom. The zero-order chi connectivity index (χ0) is 8.97. The van der Waals surface area contributed by atoms with Crippen molar-refractivity contribution in [3.63, 3.8) is 0 Å². The number of nitrogens with two attached hydrogens (primary N) is 1. The third-order valence-electron chi connectivity index (χ3n) is 2.82. The standard InChI is InChI=1S/C9H20N2S/c1-3-11(2)9(6-10)8-4-5-12-7-8/h8-9H,3-7,10H2,1-2H3. The molecule has 1 aliphatic heterocycles. The average molecular weight is 188 g/mol. The van der Waals surface area contributed by atoms with Gasteiger partial charge in [0.2, 0.25) is 0 Å². The molecular formula is C9H20N2S. The summed E-state index contributed by atoms with van der Waals surface area (Å²) in [6.07, 6.45) is 1.36. The van der Waals surface area contributed by atoms with E-state index in [1.807, 2.05) is 0 Å². The number of thioether (sulfide) groups is 1. The summed E-state index contributed by atoms with van der Waals surface area (Å²) in [6.45, 7) is 4.13. The lowest BCUT2D eigenvalue weighted by Gasteiger charge is -2.30. The minimum absolute atomic E-state index is 0.616. The van der Waals surface area contributed by atoms with Gasteiger partial charge in [-0.2, -0.15) is 11.8 Å². The Morgan fingerprint density at radius 1 is 1.67 bits per heavy atom. The smallest absolute Gasteiger partial charge is 0.0251 e. The fourth-order valence-electron chi connectivity index (χ4n) is 1.82. The van der Waals surface area contributed by atoms with E-state index in [9.17, 15) is 0 Å². The van der Waals surface area contributed by atoms with Gasteiger partial charge in [-0.3, -0.25) is 0 Å². The van der Waals surface area contributed by atoms with Gasteiger partial charge in [-0.05, 0) is 37.4 Å². The van der Waals surface area contributed by atoms with E-state index in [0.717, 1.165) is 19.0 Å². The third-order valence-corrected chi connectivity index (χ3v) is 4.00. The van der Waals surface area contributed by atoms with Gasteiger partial charge in [0, 0.05) is 12.6 Å². The van der Waals surface area contributed by atoms with Crippen molar-refractivity contribution in [3.05, 3.63) is 0 Å². The molecule has 2 N–H and O–H groups in total. The first-order valence-corrected chi connectivity index (χ1v) is 5.93. The summed E-state index contributed by atoms with van der Waals surface area (Å²) in [7, 11) is 2.18. The molecule has 0 amide bonds. The molecular weight excluding hydrogens is 168 g/mol. The molecule has 0 bridgehead atoms. The van der Waals surface area contributed by atoms with Crippen LogP contribution in [-0.2, 0) is 0 Å². The van der Waals surface area contributed by atoms with Crippen LogP contribution >= 0.6 is 11.8 Å². The second-order valence-electron chi connectivity index (χ2n) is 3.50. The molecule has 0 aromatic heterocycles. The zero-order valence-electron chi connectivity index (χ0n) is 8.12. The quantitative estimate of drug-likeness (QED) is 0.714. The van der Waals surface area contributed by atoms with Gasteiger partial charge in [0.1, 0.15) is 0 Å². The maximum absolute atomic E-state index is 5.78. The van der Waals surface area contributed by atoms with Gasteiger partial charge in [-0.15, -0.1) is 0 Å². The van der Waals surface area contributed by atoms with Gasteiger partial charge in [-0.1, -0.05) is 6.92 Å². The Labute approximate surface area is 79.9 Å². The largest absolute Gasteiger partial charge is 0.329 e. The van der Waals surface area contributed by atoms with Crippen LogP contribution in [0.2, 0.25) is 0 Å². The van der Waals surface area contributed by atoms with Crippen LogP contribution in [0.5, 0.6) is 0 Å². The van der Waals surface area contributed by atoms with Gasteiger partial charge in [-0.25, -0.2) is 0 Å². The van der Waals surface area contributed by atoms with Crippen LogP contribution in [0.1, 0.15) is 13.3 Å². The van der Waals surface area contributed by atoms with Gasteiger partial charge in [0.25, 0.3) is 0 Å². The summed E-state index contributed by atoms with van der Waals surface area (Å²) in [5.41, 5.74) is 5.78. The van der Waals surface area contributed by atoms with E-state index in [1.54, 1.807) is 0 Å². The van der Waals surface area contributed by atoms with Crippen molar-refractivity contribution in [2.45, 2.75) is 19.4 Å². The van der Waals surface area contributed by atoms with Gasteiger partial charge in [0.15, 0.2) is 0 Å². The van der Waals surface area contributed by atoms with Crippen molar-refractivity contribution in [2.24, 2.45) is 11.7 Å². The number of nitrogens with zero attached hydrogens (tertiary/aromatic N) is 1. The van der Waals surface area contributed by atoms with Crippen LogP contribution in [0.25, 0.3) is 0 Å². The Morgan fingerprint density at radius 3 is 2.83 bits per heavy atom. The first kappa shape index (κ1) is 10.4. The summed E-state index contributed by atoms with van der Waals surface area (Å²) in [5, 5.41) is 0. The van der Waals surface area contributed by atoms with E-state index in [-0.39, 0.29) is 0 Å². The van der Waals surface area contributed by atoms with E-state index >= 15 is 0 Å². The minimum Gasteiger partial charge on any atom is -0.329 e. The number of hydrogen-bond donors (Lipinski definition) is 1. The van der Waals surface area contributed by atoms with Crippen LogP contribution < -0.4 is 5.73 Å². The molecule has 0 radical (unpaired) electrons. The van der Waals surface area contributed by atoms with Crippen molar-refractivity contribution in [2.75, 3.05) is 31.6 Å². The second kappa shape index (κ2) is 5.10. The molecule has 1 aliphatic rings. The summed E-state index contributed by atoms with van der Waals surface area (Å²) in [4.78, 5) is 2.39. The lowest BCUT2D eigenvalue weighted by atomic mass is 9.98. The molecule has 3 heteroatoms. The van der Waals surface area contributed by atoms with Crippen LogP contribution in [0.4, 0.5) is 0 Å². The molecule has 2 nitrogen and oxygen atoms in total. The number of rotatable bonds is 4. The summed E-state index contributed by atoms with van der Waals surface area (Å²) in [5.74, 6) is 3.48. The normalized spacial score (nSPS) is 26.5. The monoisotopic (exact) mass is 188 g/mol. The Bertz CT molecular complexity index is 124. The average Bonchev–Trinajstić information content (AvgIpc) is 2.58. The van der Waals surface area contributed by atoms with Crippen LogP contribution in [0.15, 0.2) is 0 Å². The van der Waals surface area contributed by atoms with E-state index in [1.165, 1.54) is 17.9 Å². The summed E-state index contributed by atoms with van der Waals surface area (Å²) in [6, 6.07) is 0.616. The Hall–Kier alpha value is 0.270. The maximum Gasteiger partial charge on any atom is 0.0251 e. The maximum atomic E-state index is 5.78. The zero-order valence-corrected chi connectivity index (χ0v) is 8.94. The van der Waals surface area contributed by atoms with Crippen LogP contribution in [0.3, 0.4) is 0 Å². The molecule has 1 rings (SSSR count). The topological polar surface area (TPSA) is 29.3 Å². The highest BCUT2D eigenvalue weighted by Crippen LogP contribution is 2.27. The predicted molar refractivity (Wildman–Crippen MR) is 56.6 cm³/mol. The lowest BCUT2D eigenvalue weighted by molar-refractivity contribution is 0.200. The minimum atomic E-state index is 0.616. The Balaban J connectivity index is 2.42. The second-order valence-corrected chi connectivity index (χ2v) is 4.65. The molecule has 0 aromatic carbocycles. The molecule has 1 fully saturated rings. The molecule has 2 atom stereocenters. The first-order valence-electron chi connectivity index (χ1n) is 4.77. The van der Waals surface area contributed by atoms with E-state index in [0.29, 0.717) is 6.04 Å². The molecule has 1 saturated heterocycles. The van der Waals surface area contributed by atoms with Crippen molar-refractivity contribution < 1.29 is 0 Å². The SMILES string of the molecule is CCN(C)C(CN)C1CCSC1. The highest BCUT2D eigenvalue weighted by atomic mass is 32.2. The first-order chi connectivity index (χ1) is 5.79. The van der Waals surface area contributed by atoms with E-state index in [2.05, 4.69) is 30.6 Å². The van der Waals surface area contributed by atoms with E-state index < -0.39 is 0 Å². The fourth-order valence-corrected chi connectivity index (χ4v) is 3.15. The van der Waals surface area contributed by atoms with Gasteiger partial charge >= 0.3 is 0 Å². The van der Waals surface area contributed by atoms with Crippen LogP contribution in [0, 0.1) is 5.92 Å². The molecule has 2 unspecified atom stereocenters.